The zero-order valence-corrected chi connectivity index (χ0v) is 11.7. The lowest BCUT2D eigenvalue weighted by atomic mass is 10.0. The van der Waals surface area contributed by atoms with Gasteiger partial charge in [-0.25, -0.2) is 0 Å². The molecule has 0 spiro atoms. The Labute approximate surface area is 117 Å². The van der Waals surface area contributed by atoms with Crippen LogP contribution in [0.1, 0.15) is 13.8 Å². The average Bonchev–Trinajstić information content (AvgIpc) is 2.50. The molecule has 1 radical (unpaired) electrons. The third kappa shape index (κ3) is 3.54. The van der Waals surface area contributed by atoms with E-state index in [4.69, 9.17) is 0 Å². The van der Waals surface area contributed by atoms with Crippen LogP contribution in [-0.4, -0.2) is 20.6 Å². The van der Waals surface area contributed by atoms with E-state index in [0.29, 0.717) is 0 Å². The topological polar surface area (TPSA) is 6.48 Å². The summed E-state index contributed by atoms with van der Waals surface area (Å²) in [5, 5.41) is 0. The molecule has 0 aliphatic rings. The highest BCUT2D eigenvalue weighted by atomic mass is 15.2. The highest BCUT2D eigenvalue weighted by Gasteiger charge is 2.13. The quantitative estimate of drug-likeness (QED) is 0.724. The van der Waals surface area contributed by atoms with Gasteiger partial charge in [0, 0.05) is 24.5 Å². The first-order valence-electron chi connectivity index (χ1n) is 6.83. The second-order valence-corrected chi connectivity index (χ2v) is 4.36. The predicted octanol–water partition coefficient (Wildman–Crippen LogP) is 3.57. The Bertz CT molecular complexity index is 427. The molecule has 0 aromatic heterocycles. The van der Waals surface area contributed by atoms with Crippen LogP contribution < -0.4 is 9.62 Å². The highest BCUT2D eigenvalue weighted by molar-refractivity contribution is 6.46. The summed E-state index contributed by atoms with van der Waals surface area (Å²) < 4.78 is 0. The van der Waals surface area contributed by atoms with Gasteiger partial charge in [0.1, 0.15) is 0 Å². The molecule has 2 aromatic rings. The van der Waals surface area contributed by atoms with Gasteiger partial charge in [0.05, 0.1) is 0 Å². The number of hydrogen-bond donors (Lipinski definition) is 0. The van der Waals surface area contributed by atoms with Crippen LogP contribution in [0.15, 0.2) is 60.7 Å². The molecule has 0 heterocycles. The second-order valence-electron chi connectivity index (χ2n) is 4.36. The molecule has 0 bridgehead atoms. The average molecular weight is 251 g/mol. The fourth-order valence-electron chi connectivity index (χ4n) is 2.07. The summed E-state index contributed by atoms with van der Waals surface area (Å²) in [6, 6.07) is 20.9. The van der Waals surface area contributed by atoms with Crippen molar-refractivity contribution < 1.29 is 0 Å². The summed E-state index contributed by atoms with van der Waals surface area (Å²) in [4.78, 5) is 4.52. The number of para-hydroxylation sites is 2. The summed E-state index contributed by atoms with van der Waals surface area (Å²) in [5.41, 5.74) is 2.44. The van der Waals surface area contributed by atoms with Crippen molar-refractivity contribution in [2.24, 2.45) is 0 Å². The van der Waals surface area contributed by atoms with Crippen LogP contribution in [0.25, 0.3) is 0 Å². The minimum absolute atomic E-state index is 0.952. The van der Waals surface area contributed by atoms with Gasteiger partial charge < -0.3 is 9.62 Å². The highest BCUT2D eigenvalue weighted by Crippen LogP contribution is 2.16. The van der Waals surface area contributed by atoms with Gasteiger partial charge in [0.2, 0.25) is 0 Å². The van der Waals surface area contributed by atoms with Gasteiger partial charge in [0.15, 0.2) is 0 Å². The molecule has 2 nitrogen and oxygen atoms in total. The standard InChI is InChI=1S/C16H20BN2/c1-3-18(15-11-7-5-8-12-15)17-19(4-2)16-13-9-6-10-14-16/h5-14H,3-4H2,1-2H3. The van der Waals surface area contributed by atoms with Crippen molar-refractivity contribution in [2.45, 2.75) is 13.8 Å². The molecule has 0 saturated heterocycles. The largest absolute Gasteiger partial charge is 0.399 e. The summed E-state index contributed by atoms with van der Waals surface area (Å²) >= 11 is 0. The molecule has 97 valence electrons. The van der Waals surface area contributed by atoms with E-state index in [1.165, 1.54) is 11.4 Å². The molecule has 0 aliphatic heterocycles. The number of benzene rings is 2. The van der Waals surface area contributed by atoms with Crippen molar-refractivity contribution in [1.82, 2.24) is 0 Å². The van der Waals surface area contributed by atoms with Crippen molar-refractivity contribution in [3.63, 3.8) is 0 Å². The first kappa shape index (κ1) is 13.5. The Morgan fingerprint density at radius 1 is 0.684 bits per heavy atom. The Balaban J connectivity index is 2.13. The van der Waals surface area contributed by atoms with Gasteiger partial charge >= 0.3 is 7.55 Å². The van der Waals surface area contributed by atoms with Gasteiger partial charge in [-0.05, 0) is 38.1 Å². The minimum Gasteiger partial charge on any atom is -0.399 e. The Morgan fingerprint density at radius 3 is 1.37 bits per heavy atom. The number of hydrogen-bond acceptors (Lipinski definition) is 2. The summed E-state index contributed by atoms with van der Waals surface area (Å²) in [6.45, 7) is 6.24. The van der Waals surface area contributed by atoms with Crippen molar-refractivity contribution >= 4 is 18.9 Å². The van der Waals surface area contributed by atoms with E-state index in [2.05, 4.69) is 79.5 Å². The fraction of sp³-hybridized carbons (Fsp3) is 0.250. The minimum atomic E-state index is 0.952. The third-order valence-corrected chi connectivity index (χ3v) is 3.14. The molecule has 0 amide bonds. The third-order valence-electron chi connectivity index (χ3n) is 3.14. The van der Waals surface area contributed by atoms with Crippen molar-refractivity contribution in [1.29, 1.82) is 0 Å². The maximum Gasteiger partial charge on any atom is 0.391 e. The molecule has 2 aromatic carbocycles. The van der Waals surface area contributed by atoms with E-state index in [-0.39, 0.29) is 0 Å². The monoisotopic (exact) mass is 251 g/mol. The van der Waals surface area contributed by atoms with E-state index in [9.17, 15) is 0 Å². The van der Waals surface area contributed by atoms with Gasteiger partial charge in [-0.2, -0.15) is 0 Å². The van der Waals surface area contributed by atoms with Crippen LogP contribution in [0.5, 0.6) is 0 Å². The van der Waals surface area contributed by atoms with E-state index in [1.54, 1.807) is 0 Å². The van der Waals surface area contributed by atoms with E-state index < -0.39 is 0 Å². The van der Waals surface area contributed by atoms with Gasteiger partial charge in [-0.3, -0.25) is 0 Å². The molecule has 0 aliphatic carbocycles. The molecule has 3 heteroatoms. The van der Waals surface area contributed by atoms with E-state index in [0.717, 1.165) is 13.1 Å². The summed E-state index contributed by atoms with van der Waals surface area (Å²) in [6.07, 6.45) is 0. The smallest absolute Gasteiger partial charge is 0.391 e. The Morgan fingerprint density at radius 2 is 1.05 bits per heavy atom. The molecule has 0 unspecified atom stereocenters. The van der Waals surface area contributed by atoms with Crippen LogP contribution in [0.4, 0.5) is 11.4 Å². The number of rotatable bonds is 6. The molecule has 0 atom stereocenters. The van der Waals surface area contributed by atoms with Gasteiger partial charge in [0.25, 0.3) is 0 Å². The van der Waals surface area contributed by atoms with Crippen LogP contribution in [0.2, 0.25) is 0 Å². The lowest BCUT2D eigenvalue weighted by Gasteiger charge is -2.30. The van der Waals surface area contributed by atoms with Crippen LogP contribution in [-0.2, 0) is 0 Å². The first-order chi connectivity index (χ1) is 9.35. The molecular formula is C16H20BN2. The van der Waals surface area contributed by atoms with Crippen LogP contribution in [0, 0.1) is 0 Å². The zero-order valence-electron chi connectivity index (χ0n) is 11.7. The van der Waals surface area contributed by atoms with Crippen molar-refractivity contribution in [2.75, 3.05) is 22.7 Å². The predicted molar refractivity (Wildman–Crippen MR) is 84.7 cm³/mol. The SMILES string of the molecule is CCN([B]N(CC)c1ccccc1)c1ccccc1. The maximum atomic E-state index is 2.26. The van der Waals surface area contributed by atoms with Crippen molar-refractivity contribution in [3.8, 4) is 0 Å². The maximum absolute atomic E-state index is 2.26. The van der Waals surface area contributed by atoms with Gasteiger partial charge in [-0.15, -0.1) is 0 Å². The van der Waals surface area contributed by atoms with Crippen LogP contribution >= 0.6 is 0 Å². The van der Waals surface area contributed by atoms with Crippen LogP contribution in [0.3, 0.4) is 0 Å². The molecular weight excluding hydrogens is 231 g/mol. The van der Waals surface area contributed by atoms with Crippen molar-refractivity contribution in [3.05, 3.63) is 60.7 Å². The second kappa shape index (κ2) is 6.88. The number of anilines is 2. The normalized spacial score (nSPS) is 10.0. The first-order valence-corrected chi connectivity index (χ1v) is 6.83. The lowest BCUT2D eigenvalue weighted by Crippen LogP contribution is -2.41. The van der Waals surface area contributed by atoms with E-state index in [1.807, 2.05) is 12.1 Å². The molecule has 19 heavy (non-hydrogen) atoms. The van der Waals surface area contributed by atoms with E-state index >= 15 is 0 Å². The fourth-order valence-corrected chi connectivity index (χ4v) is 2.07. The zero-order chi connectivity index (χ0) is 13.5. The number of nitrogens with zero attached hydrogens (tertiary/aromatic N) is 2. The lowest BCUT2D eigenvalue weighted by molar-refractivity contribution is 1.02. The molecule has 0 saturated carbocycles. The molecule has 0 fully saturated rings. The van der Waals surface area contributed by atoms with Gasteiger partial charge in [-0.1, -0.05) is 36.4 Å². The molecule has 0 N–H and O–H groups in total. The molecule has 2 rings (SSSR count). The summed E-state index contributed by atoms with van der Waals surface area (Å²) in [7, 11) is 2.19. The summed E-state index contributed by atoms with van der Waals surface area (Å²) in [5.74, 6) is 0. The Hall–Kier alpha value is -1.90. The Kier molecular flexibility index (Phi) is 4.90.